The zero-order valence-corrected chi connectivity index (χ0v) is 70.5. The molecule has 0 spiro atoms. The van der Waals surface area contributed by atoms with Gasteiger partial charge >= 0.3 is 39.5 Å². The van der Waals surface area contributed by atoms with Crippen LogP contribution in [0.4, 0.5) is 0 Å². The summed E-state index contributed by atoms with van der Waals surface area (Å²) in [4.78, 5) is 73.2. The van der Waals surface area contributed by atoms with Crippen molar-refractivity contribution in [3.63, 3.8) is 0 Å². The standard InChI is InChI=1S/C85H166O17P2/c1-75(2)61-53-45-37-30-24-18-12-9-10-14-21-27-33-41-49-57-65-82(87)95-71-80(101-84(89)67-59-51-42-34-28-22-15-11-13-19-25-31-38-46-54-62-76(3)4)73-99-103(91,92)97-69-79(86)70-98-104(93,94)100-74-81(72-96-83(88)66-58-50-44-36-40-48-56-64-78(7)8)102-85(90)68-60-52-43-35-29-23-17-16-20-26-32-39-47-55-63-77(5)6/h75-81,86H,9-74H2,1-8H3,(H,91,92)(H,93,94)/t79?,80-,81-/m1/s1. The quantitative estimate of drug-likeness (QED) is 0.0222. The van der Waals surface area contributed by atoms with Crippen molar-refractivity contribution in [2.24, 2.45) is 23.7 Å². The van der Waals surface area contributed by atoms with E-state index in [0.29, 0.717) is 31.6 Å². The Morgan fingerprint density at radius 2 is 0.404 bits per heavy atom. The lowest BCUT2D eigenvalue weighted by Crippen LogP contribution is -2.30. The zero-order chi connectivity index (χ0) is 76.7. The predicted octanol–water partition coefficient (Wildman–Crippen LogP) is 25.6. The Morgan fingerprint density at radius 3 is 0.596 bits per heavy atom. The molecule has 0 heterocycles. The molecule has 5 atom stereocenters. The van der Waals surface area contributed by atoms with E-state index >= 15 is 0 Å². The molecule has 0 saturated heterocycles. The largest absolute Gasteiger partial charge is 0.472 e. The molecule has 0 aromatic carbocycles. The van der Waals surface area contributed by atoms with Crippen molar-refractivity contribution in [3.8, 4) is 0 Å². The minimum absolute atomic E-state index is 0.107. The van der Waals surface area contributed by atoms with Gasteiger partial charge in [-0.2, -0.15) is 0 Å². The van der Waals surface area contributed by atoms with Gasteiger partial charge in [-0.25, -0.2) is 9.13 Å². The maximum Gasteiger partial charge on any atom is 0.472 e. The summed E-state index contributed by atoms with van der Waals surface area (Å²) in [6, 6.07) is 0. The van der Waals surface area contributed by atoms with Crippen molar-refractivity contribution >= 4 is 39.5 Å². The molecular weight excluding hydrogens is 1350 g/mol. The van der Waals surface area contributed by atoms with Gasteiger partial charge in [0.05, 0.1) is 26.4 Å². The first-order valence-corrected chi connectivity index (χ1v) is 46.7. The highest BCUT2D eigenvalue weighted by molar-refractivity contribution is 7.47. The normalized spacial score (nSPS) is 14.0. The van der Waals surface area contributed by atoms with Crippen LogP contribution in [0.3, 0.4) is 0 Å². The third kappa shape index (κ3) is 78.2. The summed E-state index contributed by atoms with van der Waals surface area (Å²) in [7, 11) is -9.93. The van der Waals surface area contributed by atoms with E-state index in [0.717, 1.165) is 114 Å². The maximum absolute atomic E-state index is 13.1. The van der Waals surface area contributed by atoms with Crippen LogP contribution < -0.4 is 0 Å². The average Bonchev–Trinajstić information content (AvgIpc) is 0.902. The molecule has 0 saturated carbocycles. The van der Waals surface area contributed by atoms with Gasteiger partial charge in [-0.1, -0.05) is 389 Å². The van der Waals surface area contributed by atoms with Crippen LogP contribution in [-0.4, -0.2) is 96.7 Å². The van der Waals surface area contributed by atoms with Crippen LogP contribution in [0.25, 0.3) is 0 Å². The molecule has 0 aliphatic heterocycles. The smallest absolute Gasteiger partial charge is 0.462 e. The highest BCUT2D eigenvalue weighted by atomic mass is 31.2. The number of rotatable bonds is 82. The molecule has 0 fully saturated rings. The fraction of sp³-hybridized carbons (Fsp3) is 0.953. The molecule has 0 rings (SSSR count). The number of esters is 4. The van der Waals surface area contributed by atoms with Gasteiger partial charge in [-0.15, -0.1) is 0 Å². The van der Waals surface area contributed by atoms with Gasteiger partial charge in [0.25, 0.3) is 0 Å². The first-order chi connectivity index (χ1) is 50.1. The first-order valence-electron chi connectivity index (χ1n) is 43.7. The van der Waals surface area contributed by atoms with Crippen molar-refractivity contribution in [1.82, 2.24) is 0 Å². The topological polar surface area (TPSA) is 237 Å². The van der Waals surface area contributed by atoms with Crippen molar-refractivity contribution in [3.05, 3.63) is 0 Å². The molecule has 0 aromatic rings. The van der Waals surface area contributed by atoms with Crippen LogP contribution in [0.1, 0.15) is 441 Å². The van der Waals surface area contributed by atoms with Gasteiger partial charge in [0.1, 0.15) is 19.3 Å². The number of carbonyl (C=O) groups excluding carboxylic acids is 4. The van der Waals surface area contributed by atoms with Crippen LogP contribution in [0.5, 0.6) is 0 Å². The molecule has 0 aromatic heterocycles. The molecular formula is C85H166O17P2. The molecule has 0 aliphatic carbocycles. The Hall–Kier alpha value is -1.94. The molecule has 19 heteroatoms. The highest BCUT2D eigenvalue weighted by Crippen LogP contribution is 2.45. The Bertz CT molecular complexity index is 2020. The summed E-state index contributed by atoms with van der Waals surface area (Å²) >= 11 is 0. The lowest BCUT2D eigenvalue weighted by Gasteiger charge is -2.21. The second-order valence-corrected chi connectivity index (χ2v) is 35.4. The summed E-state index contributed by atoms with van der Waals surface area (Å²) in [5.74, 6) is 1.01. The summed E-state index contributed by atoms with van der Waals surface area (Å²) < 4.78 is 68.9. The maximum atomic E-state index is 13.1. The summed E-state index contributed by atoms with van der Waals surface area (Å²) in [5.41, 5.74) is 0. The van der Waals surface area contributed by atoms with Crippen LogP contribution in [0, 0.1) is 23.7 Å². The SMILES string of the molecule is CC(C)CCCCCCCCCCCCCCCCCCC(=O)OC[C@H](COP(=O)(O)OCC(O)COP(=O)(O)OC[C@@H](COC(=O)CCCCCCCCCC(C)C)OC(=O)CCCCCCCCCCCCCCCCC(C)C)OC(=O)CCCCCCCCCCCCCCCCCC(C)C. The fourth-order valence-electron chi connectivity index (χ4n) is 13.1. The molecule has 618 valence electrons. The Balaban J connectivity index is 5.24. The Labute approximate surface area is 638 Å². The fourth-order valence-corrected chi connectivity index (χ4v) is 14.7. The van der Waals surface area contributed by atoms with E-state index in [2.05, 4.69) is 55.4 Å². The highest BCUT2D eigenvalue weighted by Gasteiger charge is 2.30. The third-order valence-electron chi connectivity index (χ3n) is 19.8. The minimum Gasteiger partial charge on any atom is -0.462 e. The molecule has 3 unspecified atom stereocenters. The minimum atomic E-state index is -4.97. The van der Waals surface area contributed by atoms with Crippen molar-refractivity contribution in [1.29, 1.82) is 0 Å². The Kier molecular flexibility index (Phi) is 72.5. The number of phosphoric ester groups is 2. The number of hydrogen-bond acceptors (Lipinski definition) is 15. The predicted molar refractivity (Wildman–Crippen MR) is 428 cm³/mol. The molecule has 0 bridgehead atoms. The van der Waals surface area contributed by atoms with Crippen LogP contribution in [0.15, 0.2) is 0 Å². The number of aliphatic hydroxyl groups excluding tert-OH is 1. The van der Waals surface area contributed by atoms with Crippen LogP contribution >= 0.6 is 15.6 Å². The number of carbonyl (C=O) groups is 4. The van der Waals surface area contributed by atoms with E-state index in [1.165, 1.54) is 238 Å². The van der Waals surface area contributed by atoms with Crippen molar-refractivity contribution in [2.45, 2.75) is 459 Å². The van der Waals surface area contributed by atoms with Crippen LogP contribution in [0.2, 0.25) is 0 Å². The second-order valence-electron chi connectivity index (χ2n) is 32.5. The summed E-state index contributed by atoms with van der Waals surface area (Å²) in [6.45, 7) is 14.3. The molecule has 3 N–H and O–H groups in total. The number of unbranched alkanes of at least 4 members (excludes halogenated alkanes) is 48. The zero-order valence-electron chi connectivity index (χ0n) is 68.7. The van der Waals surface area contributed by atoms with Gasteiger partial charge in [-0.05, 0) is 49.4 Å². The number of aliphatic hydroxyl groups is 1. The number of ether oxygens (including phenoxy) is 4. The monoisotopic (exact) mass is 1520 g/mol. The molecule has 104 heavy (non-hydrogen) atoms. The molecule has 17 nitrogen and oxygen atoms in total. The van der Waals surface area contributed by atoms with Crippen molar-refractivity contribution in [2.75, 3.05) is 39.6 Å². The van der Waals surface area contributed by atoms with E-state index in [9.17, 15) is 43.2 Å². The molecule has 0 radical (unpaired) electrons. The van der Waals surface area contributed by atoms with Gasteiger partial charge < -0.3 is 33.8 Å². The summed E-state index contributed by atoms with van der Waals surface area (Å²) in [6.07, 6.45) is 62.5. The van der Waals surface area contributed by atoms with Gasteiger partial charge in [0.2, 0.25) is 0 Å². The van der Waals surface area contributed by atoms with E-state index in [4.69, 9.17) is 37.0 Å². The van der Waals surface area contributed by atoms with Gasteiger partial charge in [0.15, 0.2) is 12.2 Å². The molecule has 0 aliphatic rings. The molecule has 0 amide bonds. The van der Waals surface area contributed by atoms with Gasteiger partial charge in [-0.3, -0.25) is 37.3 Å². The summed E-state index contributed by atoms with van der Waals surface area (Å²) in [5, 5.41) is 10.7. The van der Waals surface area contributed by atoms with E-state index in [1.807, 2.05) is 0 Å². The Morgan fingerprint density at radius 1 is 0.240 bits per heavy atom. The lowest BCUT2D eigenvalue weighted by molar-refractivity contribution is -0.161. The third-order valence-corrected chi connectivity index (χ3v) is 21.7. The number of hydrogen-bond donors (Lipinski definition) is 3. The van der Waals surface area contributed by atoms with E-state index in [-0.39, 0.29) is 25.7 Å². The van der Waals surface area contributed by atoms with Crippen molar-refractivity contribution < 1.29 is 80.2 Å². The lowest BCUT2D eigenvalue weighted by atomic mass is 10.0. The average molecular weight is 1520 g/mol. The van der Waals surface area contributed by atoms with Gasteiger partial charge in [0, 0.05) is 25.7 Å². The first kappa shape index (κ1) is 102. The van der Waals surface area contributed by atoms with E-state index in [1.54, 1.807) is 0 Å². The second kappa shape index (κ2) is 73.8. The number of phosphoric acid groups is 2. The van der Waals surface area contributed by atoms with Crippen LogP contribution in [-0.2, 0) is 65.4 Å². The van der Waals surface area contributed by atoms with E-state index < -0.39 is 97.5 Å².